The molecule has 0 bridgehead atoms. The summed E-state index contributed by atoms with van der Waals surface area (Å²) in [5.41, 5.74) is 5.39. The predicted octanol–water partition coefficient (Wildman–Crippen LogP) is 1.69. The van der Waals surface area contributed by atoms with Crippen LogP contribution in [0.2, 0.25) is 0 Å². The van der Waals surface area contributed by atoms with E-state index in [-0.39, 0.29) is 0 Å². The first-order chi connectivity index (χ1) is 7.90. The van der Waals surface area contributed by atoms with Crippen LogP contribution in [-0.2, 0) is 11.3 Å². The van der Waals surface area contributed by atoms with Crippen molar-refractivity contribution in [1.29, 1.82) is 0 Å². The Balaban J connectivity index is 1.72. The van der Waals surface area contributed by atoms with Crippen molar-refractivity contribution in [3.63, 3.8) is 0 Å². The molecule has 1 aromatic heterocycles. The van der Waals surface area contributed by atoms with Gasteiger partial charge in [-0.3, -0.25) is 4.90 Å². The fourth-order valence-electron chi connectivity index (χ4n) is 1.80. The highest BCUT2D eigenvalue weighted by Crippen LogP contribution is 2.28. The summed E-state index contributed by atoms with van der Waals surface area (Å²) in [5.74, 6) is 0. The van der Waals surface area contributed by atoms with Crippen molar-refractivity contribution >= 4 is 11.3 Å². The second-order valence-corrected chi connectivity index (χ2v) is 5.21. The molecule has 0 aliphatic heterocycles. The van der Waals surface area contributed by atoms with Crippen LogP contribution in [0.15, 0.2) is 17.5 Å². The summed E-state index contributed by atoms with van der Waals surface area (Å²) in [6.45, 7) is 4.21. The Labute approximate surface area is 101 Å². The summed E-state index contributed by atoms with van der Waals surface area (Å²) in [7, 11) is 0. The second kappa shape index (κ2) is 6.35. The zero-order chi connectivity index (χ0) is 11.2. The van der Waals surface area contributed by atoms with Gasteiger partial charge >= 0.3 is 0 Å². The topological polar surface area (TPSA) is 38.5 Å². The molecule has 0 radical (unpaired) electrons. The third kappa shape index (κ3) is 3.87. The lowest BCUT2D eigenvalue weighted by Gasteiger charge is -2.20. The molecule has 1 saturated carbocycles. The van der Waals surface area contributed by atoms with Gasteiger partial charge in [0.2, 0.25) is 0 Å². The summed E-state index contributed by atoms with van der Waals surface area (Å²) in [4.78, 5) is 3.98. The number of ether oxygens (including phenoxy) is 1. The van der Waals surface area contributed by atoms with Crippen LogP contribution in [0.5, 0.6) is 0 Å². The minimum Gasteiger partial charge on any atom is -0.379 e. The highest BCUT2D eigenvalue weighted by molar-refractivity contribution is 7.09. The first-order valence-corrected chi connectivity index (χ1v) is 6.82. The van der Waals surface area contributed by atoms with Gasteiger partial charge in [0.15, 0.2) is 0 Å². The molecule has 0 aromatic carbocycles. The van der Waals surface area contributed by atoms with Crippen molar-refractivity contribution in [3.05, 3.63) is 22.4 Å². The van der Waals surface area contributed by atoms with E-state index in [0.717, 1.165) is 25.7 Å². The molecule has 16 heavy (non-hydrogen) atoms. The van der Waals surface area contributed by atoms with E-state index < -0.39 is 0 Å². The number of rotatable bonds is 8. The average molecular weight is 240 g/mol. The van der Waals surface area contributed by atoms with E-state index in [1.807, 2.05) is 11.3 Å². The van der Waals surface area contributed by atoms with Gasteiger partial charge in [-0.05, 0) is 24.3 Å². The molecule has 1 fully saturated rings. The van der Waals surface area contributed by atoms with Crippen LogP contribution in [0.4, 0.5) is 0 Å². The fourth-order valence-corrected chi connectivity index (χ4v) is 2.53. The van der Waals surface area contributed by atoms with Crippen molar-refractivity contribution in [2.24, 2.45) is 5.73 Å². The molecule has 2 rings (SSSR count). The summed E-state index contributed by atoms with van der Waals surface area (Å²) in [6, 6.07) is 5.13. The van der Waals surface area contributed by atoms with Crippen LogP contribution in [0.3, 0.4) is 0 Å². The summed E-state index contributed by atoms with van der Waals surface area (Å²) >= 11 is 1.84. The van der Waals surface area contributed by atoms with Gasteiger partial charge < -0.3 is 10.5 Å². The quantitative estimate of drug-likeness (QED) is 0.703. The third-order valence-electron chi connectivity index (χ3n) is 2.79. The Morgan fingerprint density at radius 2 is 2.31 bits per heavy atom. The highest BCUT2D eigenvalue weighted by atomic mass is 32.1. The molecule has 1 heterocycles. The summed E-state index contributed by atoms with van der Waals surface area (Å²) in [6.07, 6.45) is 2.70. The van der Waals surface area contributed by atoms with Gasteiger partial charge in [-0.2, -0.15) is 0 Å². The normalized spacial score (nSPS) is 15.9. The van der Waals surface area contributed by atoms with Crippen LogP contribution in [0.25, 0.3) is 0 Å². The van der Waals surface area contributed by atoms with Gasteiger partial charge in [-0.25, -0.2) is 0 Å². The lowest BCUT2D eigenvalue weighted by molar-refractivity contribution is 0.104. The molecule has 0 amide bonds. The zero-order valence-electron chi connectivity index (χ0n) is 9.60. The van der Waals surface area contributed by atoms with Gasteiger partial charge in [0.1, 0.15) is 0 Å². The molecule has 4 heteroatoms. The molecule has 0 atom stereocenters. The molecule has 2 N–H and O–H groups in total. The minimum atomic E-state index is 0.619. The van der Waals surface area contributed by atoms with Crippen molar-refractivity contribution in [2.45, 2.75) is 25.4 Å². The van der Waals surface area contributed by atoms with Crippen molar-refractivity contribution in [3.8, 4) is 0 Å². The summed E-state index contributed by atoms with van der Waals surface area (Å²) in [5, 5.41) is 2.14. The number of nitrogens with zero attached hydrogens (tertiary/aromatic N) is 1. The number of nitrogens with two attached hydrogens (primary N) is 1. The molecule has 1 aliphatic carbocycles. The summed E-state index contributed by atoms with van der Waals surface area (Å²) < 4.78 is 5.45. The smallest absolute Gasteiger partial charge is 0.0594 e. The first kappa shape index (κ1) is 12.0. The van der Waals surface area contributed by atoms with Crippen molar-refractivity contribution in [1.82, 2.24) is 4.90 Å². The Morgan fingerprint density at radius 1 is 1.44 bits per heavy atom. The van der Waals surface area contributed by atoms with E-state index in [4.69, 9.17) is 10.5 Å². The van der Waals surface area contributed by atoms with Crippen molar-refractivity contribution in [2.75, 3.05) is 26.3 Å². The van der Waals surface area contributed by atoms with Crippen LogP contribution in [-0.4, -0.2) is 37.2 Å². The number of hydrogen-bond acceptors (Lipinski definition) is 4. The van der Waals surface area contributed by atoms with Gasteiger partial charge in [0.05, 0.1) is 13.2 Å². The molecule has 3 nitrogen and oxygen atoms in total. The molecule has 90 valence electrons. The number of hydrogen-bond donors (Lipinski definition) is 1. The standard InChI is InChI=1S/C12H20N2OS/c13-5-7-15-8-6-14(11-3-4-11)10-12-2-1-9-16-12/h1-2,9,11H,3-8,10,13H2. The first-order valence-electron chi connectivity index (χ1n) is 5.94. The lowest BCUT2D eigenvalue weighted by Crippen LogP contribution is -2.29. The van der Waals surface area contributed by atoms with Gasteiger partial charge in [-0.15, -0.1) is 11.3 Å². The molecular weight excluding hydrogens is 220 g/mol. The Kier molecular flexibility index (Phi) is 4.78. The second-order valence-electron chi connectivity index (χ2n) is 4.18. The van der Waals surface area contributed by atoms with E-state index in [1.165, 1.54) is 17.7 Å². The zero-order valence-corrected chi connectivity index (χ0v) is 10.4. The third-order valence-corrected chi connectivity index (χ3v) is 3.65. The SMILES string of the molecule is NCCOCCN(Cc1cccs1)C1CC1. The van der Waals surface area contributed by atoms with Crippen LogP contribution in [0, 0.1) is 0 Å². The molecule has 0 saturated heterocycles. The largest absolute Gasteiger partial charge is 0.379 e. The van der Waals surface area contributed by atoms with Crippen LogP contribution in [0.1, 0.15) is 17.7 Å². The Hall–Kier alpha value is -0.420. The van der Waals surface area contributed by atoms with Gasteiger partial charge in [-0.1, -0.05) is 6.07 Å². The lowest BCUT2D eigenvalue weighted by atomic mass is 10.4. The maximum atomic E-state index is 5.45. The van der Waals surface area contributed by atoms with E-state index >= 15 is 0 Å². The molecule has 0 unspecified atom stereocenters. The van der Waals surface area contributed by atoms with E-state index in [1.54, 1.807) is 0 Å². The van der Waals surface area contributed by atoms with E-state index in [0.29, 0.717) is 13.2 Å². The molecule has 0 spiro atoms. The van der Waals surface area contributed by atoms with E-state index in [2.05, 4.69) is 22.4 Å². The molecular formula is C12H20N2OS. The Morgan fingerprint density at radius 3 is 2.94 bits per heavy atom. The minimum absolute atomic E-state index is 0.619. The van der Waals surface area contributed by atoms with Crippen LogP contribution < -0.4 is 5.73 Å². The fraction of sp³-hybridized carbons (Fsp3) is 0.667. The number of thiophene rings is 1. The predicted molar refractivity (Wildman–Crippen MR) is 67.6 cm³/mol. The van der Waals surface area contributed by atoms with Crippen molar-refractivity contribution < 1.29 is 4.74 Å². The maximum absolute atomic E-state index is 5.45. The molecule has 1 aromatic rings. The Bertz CT molecular complexity index is 285. The van der Waals surface area contributed by atoms with Gasteiger partial charge in [0, 0.05) is 30.6 Å². The monoisotopic (exact) mass is 240 g/mol. The van der Waals surface area contributed by atoms with Crippen LogP contribution >= 0.6 is 11.3 Å². The molecule has 1 aliphatic rings. The van der Waals surface area contributed by atoms with E-state index in [9.17, 15) is 0 Å². The maximum Gasteiger partial charge on any atom is 0.0594 e. The average Bonchev–Trinajstić information content (AvgIpc) is 3.02. The highest BCUT2D eigenvalue weighted by Gasteiger charge is 2.28. The van der Waals surface area contributed by atoms with Gasteiger partial charge in [0.25, 0.3) is 0 Å².